The Hall–Kier alpha value is -2.79. The summed E-state index contributed by atoms with van der Waals surface area (Å²) in [6.07, 6.45) is 8.81. The van der Waals surface area contributed by atoms with Gasteiger partial charge in [0.25, 0.3) is 10.0 Å². The van der Waals surface area contributed by atoms with Crippen LogP contribution in [0.2, 0.25) is 18.1 Å². The van der Waals surface area contributed by atoms with Gasteiger partial charge in [-0.2, -0.15) is 0 Å². The molecule has 0 unspecified atom stereocenters. The molecule has 0 radical (unpaired) electrons. The second kappa shape index (κ2) is 11.1. The molecule has 3 aromatic heterocycles. The summed E-state index contributed by atoms with van der Waals surface area (Å²) < 4.78 is 43.5. The molecule has 1 saturated carbocycles. The Morgan fingerprint density at radius 1 is 1.12 bits per heavy atom. The van der Waals surface area contributed by atoms with E-state index >= 15 is 0 Å². The molecule has 3 heterocycles. The lowest BCUT2D eigenvalue weighted by atomic mass is 9.92. The fourth-order valence-electron chi connectivity index (χ4n) is 5.52. The smallest absolute Gasteiger partial charge is 0.269 e. The van der Waals surface area contributed by atoms with Crippen LogP contribution in [0.25, 0.3) is 22.1 Å². The standard InChI is InChI=1S/C31H42N4O4SSi/c1-8-20-38-22(2)29-33-27-21-32-30-26(18-19-34(30)40(36,37)25-12-10-9-11-13-25)28(27)35(29)23-14-16-24(17-15-23)39-41(6,7)31(3,4)5/h8-13,18-19,21-24H,1,14-17,20H2,2-7H3/t22-,23?,24?/m1/s1. The molecule has 0 saturated heterocycles. The van der Waals surface area contributed by atoms with E-state index in [0.717, 1.165) is 47.9 Å². The summed E-state index contributed by atoms with van der Waals surface area (Å²) >= 11 is 0. The predicted octanol–water partition coefficient (Wildman–Crippen LogP) is 7.39. The van der Waals surface area contributed by atoms with Gasteiger partial charge in [-0.25, -0.2) is 22.4 Å². The molecule has 1 fully saturated rings. The molecule has 220 valence electrons. The monoisotopic (exact) mass is 594 g/mol. The normalized spacial score (nSPS) is 19.6. The number of ether oxygens (including phenoxy) is 1. The molecule has 5 rings (SSSR count). The third kappa shape index (κ3) is 5.54. The fourth-order valence-corrected chi connectivity index (χ4v) is 8.27. The molecule has 8 nitrogen and oxygen atoms in total. The van der Waals surface area contributed by atoms with E-state index in [0.29, 0.717) is 12.3 Å². The van der Waals surface area contributed by atoms with E-state index in [1.807, 2.05) is 13.0 Å². The molecule has 1 atom stereocenters. The number of hydrogen-bond donors (Lipinski definition) is 0. The van der Waals surface area contributed by atoms with Gasteiger partial charge >= 0.3 is 0 Å². The van der Waals surface area contributed by atoms with Gasteiger partial charge < -0.3 is 13.7 Å². The van der Waals surface area contributed by atoms with Crippen molar-refractivity contribution in [1.82, 2.24) is 18.5 Å². The molecule has 0 aliphatic heterocycles. The number of hydrogen-bond acceptors (Lipinski definition) is 6. The Kier molecular flexibility index (Phi) is 8.06. The quantitative estimate of drug-likeness (QED) is 0.148. The van der Waals surface area contributed by atoms with Crippen molar-refractivity contribution in [2.75, 3.05) is 6.61 Å². The number of rotatable bonds is 9. The van der Waals surface area contributed by atoms with E-state index in [1.165, 1.54) is 3.97 Å². The van der Waals surface area contributed by atoms with Crippen LogP contribution < -0.4 is 0 Å². The first kappa shape index (κ1) is 29.7. The van der Waals surface area contributed by atoms with Crippen LogP contribution in [0.15, 0.2) is 66.3 Å². The maximum absolute atomic E-state index is 13.5. The maximum atomic E-state index is 13.5. The summed E-state index contributed by atoms with van der Waals surface area (Å²) in [7, 11) is -5.67. The molecular formula is C31H42N4O4SSi. The average molecular weight is 595 g/mol. The topological polar surface area (TPSA) is 88.2 Å². The number of aromatic nitrogens is 4. The van der Waals surface area contributed by atoms with Crippen LogP contribution in [0.4, 0.5) is 0 Å². The van der Waals surface area contributed by atoms with Gasteiger partial charge in [0, 0.05) is 23.7 Å². The van der Waals surface area contributed by atoms with E-state index in [1.54, 1.807) is 48.8 Å². The molecular weight excluding hydrogens is 553 g/mol. The molecule has 10 heteroatoms. The van der Waals surface area contributed by atoms with Crippen molar-refractivity contribution in [3.8, 4) is 0 Å². The molecule has 0 amide bonds. The minimum atomic E-state index is -3.81. The maximum Gasteiger partial charge on any atom is 0.269 e. The van der Waals surface area contributed by atoms with Crippen molar-refractivity contribution in [3.63, 3.8) is 0 Å². The van der Waals surface area contributed by atoms with Crippen molar-refractivity contribution in [3.05, 3.63) is 67.3 Å². The largest absolute Gasteiger partial charge is 0.414 e. The van der Waals surface area contributed by atoms with Crippen LogP contribution in [0.5, 0.6) is 0 Å². The number of pyridine rings is 1. The van der Waals surface area contributed by atoms with Crippen LogP contribution in [0.3, 0.4) is 0 Å². The van der Waals surface area contributed by atoms with Crippen molar-refractivity contribution in [2.24, 2.45) is 0 Å². The number of fused-ring (bicyclic) bond motifs is 3. The summed E-state index contributed by atoms with van der Waals surface area (Å²) in [6, 6.07) is 10.5. The van der Waals surface area contributed by atoms with E-state index in [2.05, 4.69) is 50.0 Å². The molecule has 1 aliphatic carbocycles. The van der Waals surface area contributed by atoms with Gasteiger partial charge in [-0.1, -0.05) is 45.0 Å². The zero-order valence-electron chi connectivity index (χ0n) is 25.0. The van der Waals surface area contributed by atoms with Gasteiger partial charge in [-0.05, 0) is 68.9 Å². The molecule has 4 aromatic rings. The van der Waals surface area contributed by atoms with E-state index in [4.69, 9.17) is 14.1 Å². The highest BCUT2D eigenvalue weighted by Gasteiger charge is 2.40. The fraction of sp³-hybridized carbons (Fsp3) is 0.484. The highest BCUT2D eigenvalue weighted by molar-refractivity contribution is 7.90. The van der Waals surface area contributed by atoms with E-state index < -0.39 is 18.3 Å². The van der Waals surface area contributed by atoms with Crippen LogP contribution in [-0.2, 0) is 19.2 Å². The Morgan fingerprint density at radius 2 is 1.80 bits per heavy atom. The van der Waals surface area contributed by atoms with Crippen LogP contribution >= 0.6 is 0 Å². The van der Waals surface area contributed by atoms with Gasteiger partial charge in [-0.15, -0.1) is 6.58 Å². The Labute approximate surface area is 244 Å². The second-order valence-corrected chi connectivity index (χ2v) is 19.1. The van der Waals surface area contributed by atoms with Crippen LogP contribution in [0, 0.1) is 0 Å². The van der Waals surface area contributed by atoms with Gasteiger partial charge in [-0.3, -0.25) is 0 Å². The summed E-state index contributed by atoms with van der Waals surface area (Å²) in [5.74, 6) is 0.823. The Balaban J connectivity index is 1.57. The number of imidazole rings is 1. The van der Waals surface area contributed by atoms with Crippen LogP contribution in [-0.4, -0.2) is 48.0 Å². The molecule has 0 spiro atoms. The zero-order valence-corrected chi connectivity index (χ0v) is 26.8. The summed E-state index contributed by atoms with van der Waals surface area (Å²) in [4.78, 5) is 9.80. The summed E-state index contributed by atoms with van der Waals surface area (Å²) in [6.45, 7) is 17.7. The number of benzene rings is 1. The van der Waals surface area contributed by atoms with Crippen molar-refractivity contribution < 1.29 is 17.6 Å². The van der Waals surface area contributed by atoms with Gasteiger partial charge in [0.05, 0.1) is 23.2 Å². The van der Waals surface area contributed by atoms with Gasteiger partial charge in [0.1, 0.15) is 17.4 Å². The lowest BCUT2D eigenvalue weighted by molar-refractivity contribution is 0.0741. The Morgan fingerprint density at radius 3 is 2.44 bits per heavy atom. The molecule has 1 aliphatic rings. The molecule has 0 N–H and O–H groups in total. The Bertz CT molecular complexity index is 1650. The third-order valence-electron chi connectivity index (χ3n) is 8.76. The van der Waals surface area contributed by atoms with Gasteiger partial charge in [0.15, 0.2) is 14.0 Å². The summed E-state index contributed by atoms with van der Waals surface area (Å²) in [5.41, 5.74) is 2.02. The van der Waals surface area contributed by atoms with Crippen molar-refractivity contribution in [1.29, 1.82) is 0 Å². The predicted molar refractivity (Wildman–Crippen MR) is 166 cm³/mol. The van der Waals surface area contributed by atoms with Crippen LogP contribution in [0.1, 0.15) is 71.3 Å². The van der Waals surface area contributed by atoms with Crippen molar-refractivity contribution in [2.45, 2.75) is 94.7 Å². The second-order valence-electron chi connectivity index (χ2n) is 12.6. The first-order valence-corrected chi connectivity index (χ1v) is 18.8. The highest BCUT2D eigenvalue weighted by atomic mass is 32.2. The third-order valence-corrected chi connectivity index (χ3v) is 15.0. The first-order valence-electron chi connectivity index (χ1n) is 14.4. The minimum Gasteiger partial charge on any atom is -0.414 e. The first-order chi connectivity index (χ1) is 19.3. The van der Waals surface area contributed by atoms with E-state index in [9.17, 15) is 8.42 Å². The van der Waals surface area contributed by atoms with Crippen molar-refractivity contribution >= 4 is 40.4 Å². The van der Waals surface area contributed by atoms with Gasteiger partial charge in [0.2, 0.25) is 0 Å². The molecule has 1 aromatic carbocycles. The average Bonchev–Trinajstić information content (AvgIpc) is 3.54. The SMILES string of the molecule is C=CCO[C@H](C)c1nc2cnc3c(ccn3S(=O)(=O)c3ccccc3)c2n1C1CCC(O[Si](C)(C)C(C)(C)C)CC1. The lowest BCUT2D eigenvalue weighted by Crippen LogP contribution is -2.44. The summed E-state index contributed by atoms with van der Waals surface area (Å²) in [5, 5.41) is 0.928. The number of nitrogens with zero attached hydrogens (tertiary/aromatic N) is 4. The minimum absolute atomic E-state index is 0.168. The molecule has 0 bridgehead atoms. The van der Waals surface area contributed by atoms with E-state index in [-0.39, 0.29) is 28.2 Å². The highest BCUT2D eigenvalue weighted by Crippen LogP contribution is 2.42. The lowest BCUT2D eigenvalue weighted by Gasteiger charge is -2.41. The molecule has 41 heavy (non-hydrogen) atoms. The zero-order chi connectivity index (χ0) is 29.6.